The fourth-order valence-electron chi connectivity index (χ4n) is 3.03. The van der Waals surface area contributed by atoms with Gasteiger partial charge in [0.1, 0.15) is 10.7 Å². The Hall–Kier alpha value is -2.18. The fraction of sp³-hybridized carbons (Fsp3) is 0.263. The molecule has 0 saturated heterocycles. The van der Waals surface area contributed by atoms with Crippen LogP contribution in [0.4, 0.5) is 0 Å². The van der Waals surface area contributed by atoms with Gasteiger partial charge in [-0.15, -0.1) is 0 Å². The SMILES string of the molecule is N#Cc1c(/C=C/c2ccccc2)c2c([nH]c1=S)CCCCC2. The topological polar surface area (TPSA) is 39.6 Å². The number of pyridine rings is 1. The number of nitrogens with one attached hydrogen (secondary N) is 1. The number of nitrogens with zero attached hydrogens (tertiary/aromatic N) is 1. The number of H-pyrrole nitrogens is 1. The van der Waals surface area contributed by atoms with E-state index in [1.165, 1.54) is 30.5 Å². The fourth-order valence-corrected chi connectivity index (χ4v) is 3.31. The lowest BCUT2D eigenvalue weighted by molar-refractivity contribution is 0.708. The van der Waals surface area contributed by atoms with Crippen LogP contribution in [0.2, 0.25) is 0 Å². The largest absolute Gasteiger partial charge is 0.349 e. The summed E-state index contributed by atoms with van der Waals surface area (Å²) in [7, 11) is 0. The van der Waals surface area contributed by atoms with Crippen LogP contribution in [-0.4, -0.2) is 4.98 Å². The molecule has 1 aliphatic rings. The third-order valence-electron chi connectivity index (χ3n) is 4.16. The average Bonchev–Trinajstić information content (AvgIpc) is 2.78. The lowest BCUT2D eigenvalue weighted by atomic mass is 9.97. The number of fused-ring (bicyclic) bond motifs is 1. The van der Waals surface area contributed by atoms with Crippen LogP contribution in [0.3, 0.4) is 0 Å². The predicted octanol–water partition coefficient (Wildman–Crippen LogP) is 5.06. The molecule has 2 nitrogen and oxygen atoms in total. The highest BCUT2D eigenvalue weighted by atomic mass is 32.1. The van der Waals surface area contributed by atoms with Crippen molar-refractivity contribution in [1.29, 1.82) is 5.26 Å². The van der Waals surface area contributed by atoms with Crippen LogP contribution >= 0.6 is 12.2 Å². The second-order valence-corrected chi connectivity index (χ2v) is 6.02. The number of aromatic amines is 1. The van der Waals surface area contributed by atoms with Gasteiger partial charge >= 0.3 is 0 Å². The number of benzene rings is 1. The van der Waals surface area contributed by atoms with Crippen molar-refractivity contribution in [3.63, 3.8) is 0 Å². The first-order valence-electron chi connectivity index (χ1n) is 7.71. The molecule has 2 aromatic rings. The third-order valence-corrected chi connectivity index (χ3v) is 4.46. The van der Waals surface area contributed by atoms with Gasteiger partial charge in [-0.25, -0.2) is 0 Å². The van der Waals surface area contributed by atoms with Gasteiger partial charge in [-0.1, -0.05) is 61.1 Å². The first-order valence-corrected chi connectivity index (χ1v) is 8.11. The average molecular weight is 306 g/mol. The minimum Gasteiger partial charge on any atom is -0.349 e. The van der Waals surface area contributed by atoms with Crippen LogP contribution in [-0.2, 0) is 12.8 Å². The Morgan fingerprint density at radius 3 is 2.59 bits per heavy atom. The van der Waals surface area contributed by atoms with Crippen LogP contribution in [0, 0.1) is 16.0 Å². The zero-order valence-electron chi connectivity index (χ0n) is 12.4. The van der Waals surface area contributed by atoms with Gasteiger partial charge in [0.05, 0.1) is 5.56 Å². The molecule has 0 unspecified atom stereocenters. The third kappa shape index (κ3) is 3.03. The molecule has 1 aliphatic carbocycles. The molecule has 0 aliphatic heterocycles. The van der Waals surface area contributed by atoms with E-state index < -0.39 is 0 Å². The Morgan fingerprint density at radius 2 is 1.82 bits per heavy atom. The van der Waals surface area contributed by atoms with Crippen molar-refractivity contribution in [1.82, 2.24) is 4.98 Å². The molecule has 0 bridgehead atoms. The number of aromatic nitrogens is 1. The molecule has 110 valence electrons. The van der Waals surface area contributed by atoms with E-state index in [1.54, 1.807) is 0 Å². The van der Waals surface area contributed by atoms with E-state index in [1.807, 2.05) is 18.2 Å². The van der Waals surface area contributed by atoms with Crippen LogP contribution in [0.15, 0.2) is 30.3 Å². The van der Waals surface area contributed by atoms with E-state index in [2.05, 4.69) is 35.3 Å². The predicted molar refractivity (Wildman–Crippen MR) is 93.0 cm³/mol. The molecule has 0 saturated carbocycles. The molecule has 1 aromatic heterocycles. The van der Waals surface area contributed by atoms with Gasteiger partial charge in [-0.05, 0) is 36.8 Å². The summed E-state index contributed by atoms with van der Waals surface area (Å²) < 4.78 is 0.566. The second-order valence-electron chi connectivity index (χ2n) is 5.62. The van der Waals surface area contributed by atoms with Gasteiger partial charge in [-0.2, -0.15) is 5.26 Å². The Labute approximate surface area is 136 Å². The van der Waals surface area contributed by atoms with Gasteiger partial charge in [0.2, 0.25) is 0 Å². The van der Waals surface area contributed by atoms with E-state index >= 15 is 0 Å². The molecule has 1 aromatic carbocycles. The summed E-state index contributed by atoms with van der Waals surface area (Å²) in [5, 5.41) is 9.50. The molecule has 1 heterocycles. The maximum absolute atomic E-state index is 9.50. The van der Waals surface area contributed by atoms with Crippen molar-refractivity contribution < 1.29 is 0 Å². The van der Waals surface area contributed by atoms with Crippen molar-refractivity contribution in [2.45, 2.75) is 32.1 Å². The number of hydrogen-bond acceptors (Lipinski definition) is 2. The van der Waals surface area contributed by atoms with E-state index in [-0.39, 0.29) is 0 Å². The molecule has 0 radical (unpaired) electrons. The van der Waals surface area contributed by atoms with Crippen LogP contribution in [0.25, 0.3) is 12.2 Å². The van der Waals surface area contributed by atoms with Crippen LogP contribution in [0.1, 0.15) is 47.2 Å². The molecular formula is C19H18N2S. The molecule has 0 fully saturated rings. The molecule has 1 N–H and O–H groups in total. The maximum atomic E-state index is 9.50. The lowest BCUT2D eigenvalue weighted by Crippen LogP contribution is -2.02. The first-order chi connectivity index (χ1) is 10.8. The first kappa shape index (κ1) is 14.7. The van der Waals surface area contributed by atoms with Crippen LogP contribution in [0.5, 0.6) is 0 Å². The Balaban J connectivity index is 2.12. The molecule has 3 rings (SSSR count). The van der Waals surface area contributed by atoms with Gasteiger partial charge < -0.3 is 4.98 Å². The zero-order valence-corrected chi connectivity index (χ0v) is 13.2. The summed E-state index contributed by atoms with van der Waals surface area (Å²) in [6, 6.07) is 12.4. The van der Waals surface area contributed by atoms with Crippen molar-refractivity contribution in [2.75, 3.05) is 0 Å². The highest BCUT2D eigenvalue weighted by Crippen LogP contribution is 2.27. The number of hydrogen-bond donors (Lipinski definition) is 1. The smallest absolute Gasteiger partial charge is 0.122 e. The molecule has 0 amide bonds. The highest BCUT2D eigenvalue weighted by molar-refractivity contribution is 7.71. The normalized spacial score (nSPS) is 14.3. The number of aryl methyl sites for hydroxylation is 1. The Bertz CT molecular complexity index is 795. The van der Waals surface area contributed by atoms with Gasteiger partial charge in [0.15, 0.2) is 0 Å². The summed E-state index contributed by atoms with van der Waals surface area (Å²) >= 11 is 5.39. The minimum atomic E-state index is 0.566. The molecule has 22 heavy (non-hydrogen) atoms. The monoisotopic (exact) mass is 306 g/mol. The Kier molecular flexibility index (Phi) is 4.50. The summed E-state index contributed by atoms with van der Waals surface area (Å²) in [6.07, 6.45) is 9.76. The Morgan fingerprint density at radius 1 is 1.05 bits per heavy atom. The maximum Gasteiger partial charge on any atom is 0.122 e. The summed E-state index contributed by atoms with van der Waals surface area (Å²) in [5.74, 6) is 0. The summed E-state index contributed by atoms with van der Waals surface area (Å²) in [5.41, 5.74) is 5.23. The van der Waals surface area contributed by atoms with E-state index in [0.29, 0.717) is 10.2 Å². The van der Waals surface area contributed by atoms with Crippen molar-refractivity contribution in [3.05, 3.63) is 62.9 Å². The molecule has 0 atom stereocenters. The highest BCUT2D eigenvalue weighted by Gasteiger charge is 2.16. The number of rotatable bonds is 2. The summed E-state index contributed by atoms with van der Waals surface area (Å²) in [6.45, 7) is 0. The molecular weight excluding hydrogens is 288 g/mol. The standard InChI is InChI=1S/C19H18N2S/c20-13-17-15(12-11-14-7-3-1-4-8-14)16-9-5-2-6-10-18(16)21-19(17)22/h1,3-4,7-8,11-12H,2,5-6,9-10H2,(H,21,22)/b12-11+. The van der Waals surface area contributed by atoms with Crippen molar-refractivity contribution >= 4 is 24.4 Å². The van der Waals surface area contributed by atoms with Gasteiger partial charge in [0.25, 0.3) is 0 Å². The van der Waals surface area contributed by atoms with Crippen molar-refractivity contribution in [3.8, 4) is 6.07 Å². The van der Waals surface area contributed by atoms with Crippen LogP contribution < -0.4 is 0 Å². The van der Waals surface area contributed by atoms with Crippen molar-refractivity contribution in [2.24, 2.45) is 0 Å². The zero-order chi connectivity index (χ0) is 15.4. The molecule has 0 spiro atoms. The van der Waals surface area contributed by atoms with Gasteiger partial charge in [0, 0.05) is 11.3 Å². The van der Waals surface area contributed by atoms with E-state index in [4.69, 9.17) is 12.2 Å². The lowest BCUT2D eigenvalue weighted by Gasteiger charge is -2.12. The quantitative estimate of drug-likeness (QED) is 0.622. The van der Waals surface area contributed by atoms with E-state index in [0.717, 1.165) is 24.0 Å². The number of nitriles is 1. The minimum absolute atomic E-state index is 0.566. The second kappa shape index (κ2) is 6.72. The summed E-state index contributed by atoms with van der Waals surface area (Å²) in [4.78, 5) is 3.28. The van der Waals surface area contributed by atoms with Gasteiger partial charge in [-0.3, -0.25) is 0 Å². The molecule has 3 heteroatoms. The van der Waals surface area contributed by atoms with E-state index in [9.17, 15) is 5.26 Å².